The average molecular weight is 904 g/mol. The third-order valence-corrected chi connectivity index (χ3v) is 14.2. The summed E-state index contributed by atoms with van der Waals surface area (Å²) in [6.45, 7) is 9.09. The number of methoxy groups -OCH3 is 2. The second-order valence-corrected chi connectivity index (χ2v) is 18.6. The minimum Gasteiger partial charge on any atom is -0.493 e. The molecule has 0 bridgehead atoms. The van der Waals surface area contributed by atoms with E-state index in [4.69, 9.17) is 24.2 Å². The van der Waals surface area contributed by atoms with Gasteiger partial charge in [-0.25, -0.2) is 19.6 Å². The lowest BCUT2D eigenvalue weighted by molar-refractivity contribution is -0.135. The number of carbonyl (C=O) groups is 4. The van der Waals surface area contributed by atoms with Crippen molar-refractivity contribution < 1.29 is 38.1 Å². The fraction of sp³-hybridized carbons (Fsp3) is 0.510. The van der Waals surface area contributed by atoms with Gasteiger partial charge < -0.3 is 54.2 Å². The van der Waals surface area contributed by atoms with Gasteiger partial charge in [0.1, 0.15) is 30.0 Å². The Kier molecular flexibility index (Phi) is 12.8. The molecular formula is C49H61N9O8. The Balaban J connectivity index is 0.996. The van der Waals surface area contributed by atoms with E-state index in [1.807, 2.05) is 18.7 Å². The van der Waals surface area contributed by atoms with Crippen LogP contribution in [0, 0.1) is 11.3 Å². The number of H-pyrrole nitrogens is 2. The van der Waals surface area contributed by atoms with Crippen LogP contribution in [0.15, 0.2) is 60.7 Å². The van der Waals surface area contributed by atoms with Gasteiger partial charge in [0.2, 0.25) is 11.8 Å². The summed E-state index contributed by atoms with van der Waals surface area (Å²) < 4.78 is 21.4. The van der Waals surface area contributed by atoms with E-state index in [1.54, 1.807) is 4.90 Å². The zero-order valence-corrected chi connectivity index (χ0v) is 38.4. The van der Waals surface area contributed by atoms with Crippen molar-refractivity contribution in [1.82, 2.24) is 40.4 Å². The van der Waals surface area contributed by atoms with E-state index in [0.29, 0.717) is 19.7 Å². The molecule has 0 aliphatic carbocycles. The van der Waals surface area contributed by atoms with Gasteiger partial charge >= 0.3 is 12.2 Å². The molecule has 350 valence electrons. The largest absolute Gasteiger partial charge is 0.493 e. The number of hydrogen-bond acceptors (Lipinski definition) is 11. The van der Waals surface area contributed by atoms with Crippen LogP contribution in [0.3, 0.4) is 0 Å². The van der Waals surface area contributed by atoms with E-state index in [2.05, 4.69) is 97.8 Å². The minimum atomic E-state index is -0.714. The molecule has 5 atom stereocenters. The highest BCUT2D eigenvalue weighted by molar-refractivity contribution is 5.87. The number of benzene rings is 3. The highest BCUT2D eigenvalue weighted by Crippen LogP contribution is 2.48. The third kappa shape index (κ3) is 8.84. The topological polar surface area (TPSA) is 196 Å². The summed E-state index contributed by atoms with van der Waals surface area (Å²) in [6.07, 6.45) is 4.72. The van der Waals surface area contributed by atoms with Crippen molar-refractivity contribution in [3.8, 4) is 5.75 Å². The van der Waals surface area contributed by atoms with E-state index in [0.717, 1.165) is 114 Å². The predicted octanol–water partition coefficient (Wildman–Crippen LogP) is 7.39. The summed E-state index contributed by atoms with van der Waals surface area (Å²) in [5.74, 6) is 1.84. The Morgan fingerprint density at radius 2 is 1.35 bits per heavy atom. The van der Waals surface area contributed by atoms with Gasteiger partial charge in [-0.1, -0.05) is 32.9 Å². The van der Waals surface area contributed by atoms with Crippen molar-refractivity contribution in [2.75, 3.05) is 58.6 Å². The number of fused-ring (bicyclic) bond motifs is 2. The Morgan fingerprint density at radius 1 is 0.773 bits per heavy atom. The number of anilines is 1. The summed E-state index contributed by atoms with van der Waals surface area (Å²) in [6, 6.07) is 20.1. The summed E-state index contributed by atoms with van der Waals surface area (Å²) >= 11 is 0. The zero-order valence-electron chi connectivity index (χ0n) is 38.4. The first-order valence-corrected chi connectivity index (χ1v) is 23.3. The summed E-state index contributed by atoms with van der Waals surface area (Å²) in [5.41, 5.74) is 6.86. The van der Waals surface area contributed by atoms with Crippen molar-refractivity contribution in [2.24, 2.45) is 11.3 Å². The Labute approximate surface area is 384 Å². The molecular weight excluding hydrogens is 843 g/mol. The van der Waals surface area contributed by atoms with E-state index in [9.17, 15) is 19.2 Å². The van der Waals surface area contributed by atoms with Crippen LogP contribution in [-0.2, 0) is 23.8 Å². The minimum absolute atomic E-state index is 0.0182. The van der Waals surface area contributed by atoms with E-state index < -0.39 is 18.2 Å². The van der Waals surface area contributed by atoms with Crippen LogP contribution in [-0.4, -0.2) is 113 Å². The molecule has 5 aromatic rings. The molecule has 1 unspecified atom stereocenters. The molecule has 66 heavy (non-hydrogen) atoms. The van der Waals surface area contributed by atoms with Crippen LogP contribution >= 0.6 is 0 Å². The van der Waals surface area contributed by atoms with Crippen LogP contribution in [0.2, 0.25) is 0 Å². The van der Waals surface area contributed by atoms with Crippen molar-refractivity contribution >= 4 is 51.8 Å². The molecule has 4 N–H and O–H groups in total. The molecule has 4 amide bonds. The summed E-state index contributed by atoms with van der Waals surface area (Å²) in [7, 11) is 2.57. The lowest BCUT2D eigenvalue weighted by Gasteiger charge is -2.40. The zero-order chi connectivity index (χ0) is 46.1. The first-order valence-electron chi connectivity index (χ1n) is 23.3. The van der Waals surface area contributed by atoms with Crippen LogP contribution in [0.4, 0.5) is 15.3 Å². The molecule has 4 aliphatic rings. The highest BCUT2D eigenvalue weighted by Gasteiger charge is 2.40. The highest BCUT2D eigenvalue weighted by atomic mass is 16.5. The van der Waals surface area contributed by atoms with Crippen LogP contribution in [0.25, 0.3) is 22.1 Å². The Bertz CT molecular complexity index is 2560. The van der Waals surface area contributed by atoms with Crippen LogP contribution in [0.5, 0.6) is 5.75 Å². The second kappa shape index (κ2) is 18.9. The number of alkyl carbamates (subject to hydrolysis) is 2. The first-order chi connectivity index (χ1) is 32.0. The van der Waals surface area contributed by atoms with Gasteiger partial charge in [0.05, 0.1) is 85.7 Å². The van der Waals surface area contributed by atoms with Gasteiger partial charge in [-0.15, -0.1) is 0 Å². The molecule has 17 heteroatoms. The predicted molar refractivity (Wildman–Crippen MR) is 247 cm³/mol. The number of likely N-dealkylation sites (tertiary alicyclic amines) is 2. The normalized spacial score (nSPS) is 21.9. The van der Waals surface area contributed by atoms with Gasteiger partial charge in [0, 0.05) is 18.8 Å². The van der Waals surface area contributed by atoms with Gasteiger partial charge in [-0.2, -0.15) is 0 Å². The molecule has 4 saturated heterocycles. The smallest absolute Gasteiger partial charge is 0.407 e. The third-order valence-electron chi connectivity index (χ3n) is 14.2. The molecule has 3 aromatic carbocycles. The van der Waals surface area contributed by atoms with Crippen molar-refractivity contribution in [1.29, 1.82) is 0 Å². The lowest BCUT2D eigenvalue weighted by Crippen LogP contribution is -2.51. The molecule has 9 rings (SSSR count). The van der Waals surface area contributed by atoms with E-state index in [-0.39, 0.29) is 53.9 Å². The molecule has 0 spiro atoms. The lowest BCUT2D eigenvalue weighted by atomic mass is 9.84. The van der Waals surface area contributed by atoms with Crippen molar-refractivity contribution in [3.63, 3.8) is 0 Å². The number of aromatic amines is 2. The van der Waals surface area contributed by atoms with Gasteiger partial charge in [0.15, 0.2) is 0 Å². The SMILES string of the molecule is CCC1(COc2ccc(N3[C@@H](c4ccc5[nH]c([C@@H]6CCCN6C(=O)CNC(=O)OC)nc5c4)CC[C@@H]3c3ccc4[nH]c([C@@H]5CCCN5C(=O)C(NC(=O)OC)C(C)C)nc4c3)cc2)COC1. The average Bonchev–Trinajstić information content (AvgIpc) is 4.18. The van der Waals surface area contributed by atoms with E-state index in [1.165, 1.54) is 14.2 Å². The molecule has 17 nitrogen and oxygen atoms in total. The maximum Gasteiger partial charge on any atom is 0.407 e. The monoisotopic (exact) mass is 903 g/mol. The van der Waals surface area contributed by atoms with E-state index >= 15 is 0 Å². The Hall–Kier alpha value is -6.36. The number of ether oxygens (including phenoxy) is 4. The number of imidazole rings is 2. The molecule has 0 saturated carbocycles. The molecule has 2 aromatic heterocycles. The van der Waals surface area contributed by atoms with Crippen LogP contribution < -0.4 is 20.3 Å². The number of nitrogens with zero attached hydrogens (tertiary/aromatic N) is 5. The summed E-state index contributed by atoms with van der Waals surface area (Å²) in [4.78, 5) is 74.3. The molecule has 6 heterocycles. The fourth-order valence-electron chi connectivity index (χ4n) is 10.2. The maximum atomic E-state index is 13.9. The van der Waals surface area contributed by atoms with Gasteiger partial charge in [0.25, 0.3) is 0 Å². The molecule has 4 aliphatic heterocycles. The van der Waals surface area contributed by atoms with Crippen LogP contribution in [0.1, 0.15) is 113 Å². The number of nitrogens with one attached hydrogen (secondary N) is 4. The number of rotatable bonds is 14. The van der Waals surface area contributed by atoms with Gasteiger partial charge in [-0.05, 0) is 111 Å². The quantitative estimate of drug-likeness (QED) is 0.0868. The molecule has 4 fully saturated rings. The number of carbonyl (C=O) groups excluding carboxylic acids is 4. The van der Waals surface area contributed by atoms with Gasteiger partial charge in [-0.3, -0.25) is 9.59 Å². The fourth-order valence-corrected chi connectivity index (χ4v) is 10.2. The first kappa shape index (κ1) is 44.8. The number of aromatic nitrogens is 4. The van der Waals surface area contributed by atoms with Crippen molar-refractivity contribution in [3.05, 3.63) is 83.4 Å². The Morgan fingerprint density at radius 3 is 1.88 bits per heavy atom. The maximum absolute atomic E-state index is 13.9. The standard InChI is InChI=1S/C49H61N9O8/c1-6-49(26-65-27-49)28-66-33-15-13-32(14-16-33)58-38(30-11-17-34-36(23-30)53-44(51-34)40-9-7-21-56(40)42(59)25-50-47(61)63-4)19-20-39(58)31-12-18-35-37(24-31)54-45(52-35)41-10-8-22-57(41)46(60)43(29(2)3)55-48(62)64-5/h11-18,23-24,29,38-41,43H,6-10,19-22,25-28H2,1-5H3,(H,50,61)(H,51,53)(H,52,54)(H,55,62)/t38-,39-,40+,41+,43?/m1/s1. The molecule has 0 radical (unpaired) electrons. The number of hydrogen-bond donors (Lipinski definition) is 4. The second-order valence-electron chi connectivity index (χ2n) is 18.6. The number of amides is 4. The van der Waals surface area contributed by atoms with Crippen molar-refractivity contribution in [2.45, 2.75) is 95.9 Å². The summed E-state index contributed by atoms with van der Waals surface area (Å²) in [5, 5.41) is 5.25.